The molecule has 0 amide bonds. The lowest BCUT2D eigenvalue weighted by Gasteiger charge is -2.02. The van der Waals surface area contributed by atoms with Gasteiger partial charge in [-0.3, -0.25) is 0 Å². The Morgan fingerprint density at radius 1 is 1.41 bits per heavy atom. The van der Waals surface area contributed by atoms with E-state index < -0.39 is 11.6 Å². The number of halogens is 3. The molecule has 1 aromatic heterocycles. The Morgan fingerprint density at radius 2 is 2.18 bits per heavy atom. The zero-order chi connectivity index (χ0) is 12.4. The van der Waals surface area contributed by atoms with Crippen molar-refractivity contribution in [3.8, 4) is 5.69 Å². The molecule has 1 atom stereocenters. The topological polar surface area (TPSA) is 30.7 Å². The maximum absolute atomic E-state index is 13.5. The van der Waals surface area contributed by atoms with Gasteiger partial charge in [0.05, 0.1) is 11.6 Å². The normalized spacial score (nSPS) is 12.7. The van der Waals surface area contributed by atoms with Crippen LogP contribution >= 0.6 is 11.6 Å². The second kappa shape index (κ2) is 4.79. The van der Waals surface area contributed by atoms with Crippen molar-refractivity contribution in [2.75, 3.05) is 0 Å². The Labute approximate surface area is 102 Å². The zero-order valence-corrected chi connectivity index (χ0v) is 9.83. The molecule has 90 valence electrons. The number of hydrogen-bond acceptors (Lipinski definition) is 2. The molecule has 0 radical (unpaired) electrons. The van der Waals surface area contributed by atoms with Crippen molar-refractivity contribution in [3.05, 3.63) is 41.7 Å². The smallest absolute Gasteiger partial charge is 0.151 e. The van der Waals surface area contributed by atoms with Crippen LogP contribution in [0.15, 0.2) is 24.4 Å². The van der Waals surface area contributed by atoms with E-state index in [9.17, 15) is 8.78 Å². The lowest BCUT2D eigenvalue weighted by Crippen LogP contribution is -1.99. The fraction of sp³-hybridized carbons (Fsp3) is 0.273. The van der Waals surface area contributed by atoms with Crippen LogP contribution in [0.25, 0.3) is 5.69 Å². The van der Waals surface area contributed by atoms with E-state index in [1.807, 2.05) is 6.92 Å². The first-order valence-electron chi connectivity index (χ1n) is 5.13. The third-order valence-electron chi connectivity index (χ3n) is 2.35. The fourth-order valence-electron chi connectivity index (χ4n) is 1.41. The maximum Gasteiger partial charge on any atom is 0.151 e. The van der Waals surface area contributed by atoms with Crippen molar-refractivity contribution in [2.24, 2.45) is 0 Å². The highest BCUT2D eigenvalue weighted by atomic mass is 35.5. The van der Waals surface area contributed by atoms with Crippen LogP contribution in [-0.4, -0.2) is 15.0 Å². The Bertz CT molecular complexity index is 527. The van der Waals surface area contributed by atoms with E-state index in [4.69, 9.17) is 11.6 Å². The Kier molecular flexibility index (Phi) is 3.38. The van der Waals surface area contributed by atoms with E-state index in [1.165, 1.54) is 16.9 Å². The molecule has 0 bridgehead atoms. The largest absolute Gasteiger partial charge is 0.217 e. The van der Waals surface area contributed by atoms with Crippen LogP contribution in [0.3, 0.4) is 0 Å². The fourth-order valence-corrected chi connectivity index (χ4v) is 1.51. The molecule has 0 saturated heterocycles. The summed E-state index contributed by atoms with van der Waals surface area (Å²) in [4.78, 5) is 0. The van der Waals surface area contributed by atoms with Gasteiger partial charge in [-0.2, -0.15) is 0 Å². The molecule has 0 aliphatic carbocycles. The summed E-state index contributed by atoms with van der Waals surface area (Å²) in [6.45, 7) is 1.91. The summed E-state index contributed by atoms with van der Waals surface area (Å²) >= 11 is 5.99. The first-order valence-corrected chi connectivity index (χ1v) is 5.57. The van der Waals surface area contributed by atoms with Gasteiger partial charge in [0.1, 0.15) is 17.2 Å². The molecule has 17 heavy (non-hydrogen) atoms. The predicted octanol–water partition coefficient (Wildman–Crippen LogP) is 3.24. The summed E-state index contributed by atoms with van der Waals surface area (Å²) in [6, 6.07) is 3.27. The SMILES string of the molecule is CCC(Cl)c1cn(-c2ccc(F)cc2F)nn1. The number of alkyl halides is 1. The number of rotatable bonds is 3. The maximum atomic E-state index is 13.5. The second-order valence-corrected chi connectivity index (χ2v) is 4.09. The van der Waals surface area contributed by atoms with E-state index in [-0.39, 0.29) is 11.1 Å². The predicted molar refractivity (Wildman–Crippen MR) is 60.2 cm³/mol. The lowest BCUT2D eigenvalue weighted by atomic mass is 10.2. The van der Waals surface area contributed by atoms with E-state index in [0.717, 1.165) is 12.1 Å². The molecule has 3 nitrogen and oxygen atoms in total. The minimum atomic E-state index is -0.691. The molecule has 0 aliphatic heterocycles. The molecule has 2 rings (SSSR count). The van der Waals surface area contributed by atoms with Crippen molar-refractivity contribution >= 4 is 11.6 Å². The molecule has 1 aromatic carbocycles. The van der Waals surface area contributed by atoms with Crippen LogP contribution in [0.1, 0.15) is 24.4 Å². The molecule has 2 aromatic rings. The molecular weight excluding hydrogens is 248 g/mol. The monoisotopic (exact) mass is 257 g/mol. The van der Waals surface area contributed by atoms with E-state index >= 15 is 0 Å². The molecule has 0 saturated carbocycles. The molecule has 0 aliphatic rings. The standard InChI is InChI=1S/C11H10ClF2N3/c1-2-8(12)10-6-17(16-15-10)11-4-3-7(13)5-9(11)14/h3-6,8H,2H2,1H3. The molecule has 6 heteroatoms. The summed E-state index contributed by atoms with van der Waals surface area (Å²) in [7, 11) is 0. The third-order valence-corrected chi connectivity index (χ3v) is 2.88. The van der Waals surface area contributed by atoms with Crippen molar-refractivity contribution in [3.63, 3.8) is 0 Å². The molecule has 1 heterocycles. The van der Waals surface area contributed by atoms with E-state index in [1.54, 1.807) is 0 Å². The molecule has 1 unspecified atom stereocenters. The Hall–Kier alpha value is -1.49. The molecule has 0 spiro atoms. The highest BCUT2D eigenvalue weighted by Gasteiger charge is 2.13. The van der Waals surface area contributed by atoms with Gasteiger partial charge in [-0.25, -0.2) is 13.5 Å². The van der Waals surface area contributed by atoms with Crippen molar-refractivity contribution in [1.29, 1.82) is 0 Å². The van der Waals surface area contributed by atoms with Gasteiger partial charge < -0.3 is 0 Å². The van der Waals surface area contributed by atoms with Crippen LogP contribution in [0, 0.1) is 11.6 Å². The number of nitrogens with zero attached hydrogens (tertiary/aromatic N) is 3. The van der Waals surface area contributed by atoms with Crippen LogP contribution in [0.2, 0.25) is 0 Å². The number of aromatic nitrogens is 3. The van der Waals surface area contributed by atoms with Gasteiger partial charge in [-0.15, -0.1) is 16.7 Å². The van der Waals surface area contributed by atoms with Crippen LogP contribution in [-0.2, 0) is 0 Å². The first-order chi connectivity index (χ1) is 8.11. The second-order valence-electron chi connectivity index (χ2n) is 3.56. The highest BCUT2D eigenvalue weighted by Crippen LogP contribution is 2.22. The van der Waals surface area contributed by atoms with Gasteiger partial charge in [0.2, 0.25) is 0 Å². The van der Waals surface area contributed by atoms with Crippen LogP contribution in [0.5, 0.6) is 0 Å². The summed E-state index contributed by atoms with van der Waals surface area (Å²) < 4.78 is 27.5. The van der Waals surface area contributed by atoms with Gasteiger partial charge in [-0.1, -0.05) is 12.1 Å². The molecule has 0 N–H and O–H groups in total. The first kappa shape index (κ1) is 12.0. The summed E-state index contributed by atoms with van der Waals surface area (Å²) in [6.07, 6.45) is 2.24. The van der Waals surface area contributed by atoms with Gasteiger partial charge in [0, 0.05) is 6.07 Å². The summed E-state index contributed by atoms with van der Waals surface area (Å²) in [5.41, 5.74) is 0.711. The summed E-state index contributed by atoms with van der Waals surface area (Å²) in [5.74, 6) is -1.32. The average molecular weight is 258 g/mol. The van der Waals surface area contributed by atoms with Crippen molar-refractivity contribution < 1.29 is 8.78 Å². The number of hydrogen-bond donors (Lipinski definition) is 0. The number of benzene rings is 1. The highest BCUT2D eigenvalue weighted by molar-refractivity contribution is 6.20. The van der Waals surface area contributed by atoms with Gasteiger partial charge in [-0.05, 0) is 18.6 Å². The van der Waals surface area contributed by atoms with E-state index in [0.29, 0.717) is 12.1 Å². The Morgan fingerprint density at radius 3 is 2.82 bits per heavy atom. The van der Waals surface area contributed by atoms with Gasteiger partial charge >= 0.3 is 0 Å². The zero-order valence-electron chi connectivity index (χ0n) is 9.07. The molecule has 0 fully saturated rings. The quantitative estimate of drug-likeness (QED) is 0.791. The van der Waals surface area contributed by atoms with Crippen molar-refractivity contribution in [1.82, 2.24) is 15.0 Å². The van der Waals surface area contributed by atoms with Crippen LogP contribution in [0.4, 0.5) is 8.78 Å². The Balaban J connectivity index is 2.37. The third kappa shape index (κ3) is 2.44. The lowest BCUT2D eigenvalue weighted by molar-refractivity contribution is 0.572. The average Bonchev–Trinajstić information content (AvgIpc) is 2.77. The minimum Gasteiger partial charge on any atom is -0.217 e. The van der Waals surface area contributed by atoms with Crippen LogP contribution < -0.4 is 0 Å². The van der Waals surface area contributed by atoms with Gasteiger partial charge in [0.25, 0.3) is 0 Å². The summed E-state index contributed by atoms with van der Waals surface area (Å²) in [5, 5.41) is 7.36. The molecular formula is C11H10ClF2N3. The minimum absolute atomic E-state index is 0.144. The van der Waals surface area contributed by atoms with Gasteiger partial charge in [0.15, 0.2) is 5.82 Å². The van der Waals surface area contributed by atoms with Crippen molar-refractivity contribution in [2.45, 2.75) is 18.7 Å². The van der Waals surface area contributed by atoms with E-state index in [2.05, 4.69) is 10.3 Å².